The minimum Gasteiger partial charge on any atom is -0.439 e. The molecule has 0 aliphatic heterocycles. The first-order chi connectivity index (χ1) is 15.8. The molecule has 0 saturated carbocycles. The van der Waals surface area contributed by atoms with Gasteiger partial charge in [0.1, 0.15) is 5.75 Å². The first kappa shape index (κ1) is 21.8. The highest BCUT2D eigenvalue weighted by atomic mass is 19.4. The van der Waals surface area contributed by atoms with Gasteiger partial charge in [0.2, 0.25) is 5.88 Å². The summed E-state index contributed by atoms with van der Waals surface area (Å²) in [6, 6.07) is 11.7. The Labute approximate surface area is 186 Å². The minimum atomic E-state index is -4.49. The largest absolute Gasteiger partial charge is 0.439 e. The van der Waals surface area contributed by atoms with Crippen molar-refractivity contribution in [3.05, 3.63) is 78.8 Å². The summed E-state index contributed by atoms with van der Waals surface area (Å²) in [7, 11) is 1.79. The van der Waals surface area contributed by atoms with Gasteiger partial charge >= 0.3 is 12.2 Å². The highest BCUT2D eigenvalue weighted by Gasteiger charge is 2.30. The summed E-state index contributed by atoms with van der Waals surface area (Å²) < 4.78 is 45.8. The maximum absolute atomic E-state index is 12.8. The molecule has 33 heavy (non-hydrogen) atoms. The normalized spacial score (nSPS) is 11.2. The van der Waals surface area contributed by atoms with Crippen LogP contribution in [0.15, 0.2) is 73.2 Å². The number of halogens is 3. The second kappa shape index (κ2) is 8.99. The van der Waals surface area contributed by atoms with Crippen LogP contribution in [0.25, 0.3) is 11.4 Å². The molecule has 0 radical (unpaired) electrons. The Bertz CT molecular complexity index is 1270. The quantitative estimate of drug-likeness (QED) is 0.425. The molecule has 0 atom stereocenters. The molecule has 168 valence electrons. The van der Waals surface area contributed by atoms with Crippen LogP contribution in [0.4, 0.5) is 29.3 Å². The molecule has 4 rings (SSSR count). The van der Waals surface area contributed by atoms with E-state index < -0.39 is 17.8 Å². The molecule has 8 nitrogen and oxygen atoms in total. The SMILES string of the molecule is Cn1cc(-c2nccc(Oc3ccc(NC(=O)Nc4cccc(C(F)(F)F)c4)cc3)n2)cn1. The first-order valence-corrected chi connectivity index (χ1v) is 9.61. The summed E-state index contributed by atoms with van der Waals surface area (Å²) in [6.07, 6.45) is 0.499. The first-order valence-electron chi connectivity index (χ1n) is 9.61. The number of aromatic nitrogens is 4. The van der Waals surface area contributed by atoms with Crippen molar-refractivity contribution in [3.63, 3.8) is 0 Å². The number of aryl methyl sites for hydroxylation is 1. The van der Waals surface area contributed by atoms with E-state index in [9.17, 15) is 18.0 Å². The second-order valence-electron chi connectivity index (χ2n) is 6.91. The Balaban J connectivity index is 1.37. The molecule has 0 aliphatic rings. The predicted molar refractivity (Wildman–Crippen MR) is 115 cm³/mol. The van der Waals surface area contributed by atoms with Crippen molar-refractivity contribution in [1.29, 1.82) is 0 Å². The summed E-state index contributed by atoms with van der Waals surface area (Å²) in [5.41, 5.74) is 0.341. The van der Waals surface area contributed by atoms with E-state index in [-0.39, 0.29) is 5.69 Å². The molecule has 0 unspecified atom stereocenters. The van der Waals surface area contributed by atoms with Crippen LogP contribution in [-0.4, -0.2) is 25.8 Å². The summed E-state index contributed by atoms with van der Waals surface area (Å²) in [4.78, 5) is 20.7. The van der Waals surface area contributed by atoms with Gasteiger partial charge in [-0.25, -0.2) is 9.78 Å². The Kier molecular flexibility index (Phi) is 5.94. The number of nitrogens with zero attached hydrogens (tertiary/aromatic N) is 4. The molecule has 11 heteroatoms. The molecule has 2 N–H and O–H groups in total. The molecule has 4 aromatic rings. The van der Waals surface area contributed by atoms with Crippen molar-refractivity contribution in [2.24, 2.45) is 7.05 Å². The van der Waals surface area contributed by atoms with E-state index in [0.29, 0.717) is 23.1 Å². The van der Waals surface area contributed by atoms with Crippen molar-refractivity contribution in [1.82, 2.24) is 19.7 Å². The average Bonchev–Trinajstić information content (AvgIpc) is 3.21. The van der Waals surface area contributed by atoms with Crippen molar-refractivity contribution in [2.45, 2.75) is 6.18 Å². The van der Waals surface area contributed by atoms with Gasteiger partial charge in [-0.15, -0.1) is 0 Å². The van der Waals surface area contributed by atoms with Gasteiger partial charge in [-0.1, -0.05) is 6.07 Å². The lowest BCUT2D eigenvalue weighted by Crippen LogP contribution is -2.19. The number of amides is 2. The van der Waals surface area contributed by atoms with Crippen molar-refractivity contribution in [2.75, 3.05) is 10.6 Å². The van der Waals surface area contributed by atoms with Crippen LogP contribution in [0.1, 0.15) is 5.56 Å². The van der Waals surface area contributed by atoms with Gasteiger partial charge in [-0.2, -0.15) is 23.3 Å². The predicted octanol–water partition coefficient (Wildman–Crippen LogP) is 5.33. The number of urea groups is 1. The van der Waals surface area contributed by atoms with E-state index in [1.54, 1.807) is 60.7 Å². The summed E-state index contributed by atoms with van der Waals surface area (Å²) in [5.74, 6) is 1.26. The Hall–Kier alpha value is -4.41. The number of anilines is 2. The summed E-state index contributed by atoms with van der Waals surface area (Å²) in [6.45, 7) is 0. The zero-order valence-corrected chi connectivity index (χ0v) is 17.2. The molecule has 2 aromatic heterocycles. The number of hydrogen-bond donors (Lipinski definition) is 2. The number of ether oxygens (including phenoxy) is 1. The average molecular weight is 454 g/mol. The van der Waals surface area contributed by atoms with Crippen LogP contribution in [0, 0.1) is 0 Å². The molecule has 0 fully saturated rings. The highest BCUT2D eigenvalue weighted by Crippen LogP contribution is 2.30. The van der Waals surface area contributed by atoms with Crippen LogP contribution in [0.2, 0.25) is 0 Å². The molecule has 0 saturated heterocycles. The van der Waals surface area contributed by atoms with Crippen molar-refractivity contribution < 1.29 is 22.7 Å². The lowest BCUT2D eigenvalue weighted by atomic mass is 10.2. The van der Waals surface area contributed by atoms with Crippen LogP contribution in [-0.2, 0) is 13.2 Å². The topological polar surface area (TPSA) is 94.0 Å². The number of hydrogen-bond acceptors (Lipinski definition) is 5. The van der Waals surface area contributed by atoms with Gasteiger partial charge in [-0.05, 0) is 42.5 Å². The van der Waals surface area contributed by atoms with E-state index in [1.165, 1.54) is 12.1 Å². The number of alkyl halides is 3. The molecular weight excluding hydrogens is 437 g/mol. The maximum atomic E-state index is 12.8. The van der Waals surface area contributed by atoms with E-state index in [1.807, 2.05) is 0 Å². The lowest BCUT2D eigenvalue weighted by molar-refractivity contribution is -0.137. The Morgan fingerprint density at radius 1 is 1.03 bits per heavy atom. The molecule has 2 amide bonds. The fraction of sp³-hybridized carbons (Fsp3) is 0.0909. The zero-order chi connectivity index (χ0) is 23.4. The van der Waals surface area contributed by atoms with Crippen molar-refractivity contribution >= 4 is 17.4 Å². The van der Waals surface area contributed by atoms with Crippen LogP contribution in [0.3, 0.4) is 0 Å². The monoisotopic (exact) mass is 454 g/mol. The Morgan fingerprint density at radius 3 is 2.48 bits per heavy atom. The van der Waals surface area contributed by atoms with Gasteiger partial charge in [0, 0.05) is 36.9 Å². The third-order valence-corrected chi connectivity index (χ3v) is 4.38. The van der Waals surface area contributed by atoms with Gasteiger partial charge in [-0.3, -0.25) is 4.68 Å². The van der Waals surface area contributed by atoms with Gasteiger partial charge in [0.25, 0.3) is 0 Å². The van der Waals surface area contributed by atoms with Gasteiger partial charge < -0.3 is 15.4 Å². The summed E-state index contributed by atoms with van der Waals surface area (Å²) in [5, 5.41) is 9.01. The number of carbonyl (C=O) groups is 1. The lowest BCUT2D eigenvalue weighted by Gasteiger charge is -2.11. The van der Waals surface area contributed by atoms with Crippen LogP contribution >= 0.6 is 0 Å². The second-order valence-corrected chi connectivity index (χ2v) is 6.91. The smallest absolute Gasteiger partial charge is 0.416 e. The van der Waals surface area contributed by atoms with Gasteiger partial charge in [0.05, 0.1) is 17.3 Å². The summed E-state index contributed by atoms with van der Waals surface area (Å²) >= 11 is 0. The van der Waals surface area contributed by atoms with Crippen LogP contribution in [0.5, 0.6) is 11.6 Å². The standard InChI is InChI=1S/C22H17F3N6O2/c1-31-13-14(12-27-31)20-26-10-9-19(30-20)33-18-7-5-16(6-8-18)28-21(32)29-17-4-2-3-15(11-17)22(23,24)25/h2-13H,1H3,(H2,28,29,32). The zero-order valence-electron chi connectivity index (χ0n) is 17.2. The maximum Gasteiger partial charge on any atom is 0.416 e. The van der Waals surface area contributed by atoms with E-state index in [4.69, 9.17) is 4.74 Å². The number of rotatable bonds is 5. The molecule has 0 bridgehead atoms. The molecule has 0 spiro atoms. The molecule has 2 heterocycles. The van der Waals surface area contributed by atoms with Crippen LogP contribution < -0.4 is 15.4 Å². The van der Waals surface area contributed by atoms with Gasteiger partial charge in [0.15, 0.2) is 5.82 Å². The van der Waals surface area contributed by atoms with E-state index in [2.05, 4.69) is 25.7 Å². The molecular formula is C22H17F3N6O2. The number of benzene rings is 2. The molecule has 2 aromatic carbocycles. The fourth-order valence-electron chi connectivity index (χ4n) is 2.87. The third kappa shape index (κ3) is 5.64. The van der Waals surface area contributed by atoms with E-state index >= 15 is 0 Å². The molecule has 0 aliphatic carbocycles. The highest BCUT2D eigenvalue weighted by molar-refractivity contribution is 5.99. The minimum absolute atomic E-state index is 0.0236. The third-order valence-electron chi connectivity index (χ3n) is 4.38. The number of carbonyl (C=O) groups excluding carboxylic acids is 1. The van der Waals surface area contributed by atoms with E-state index in [0.717, 1.165) is 17.7 Å². The fourth-order valence-corrected chi connectivity index (χ4v) is 2.87. The van der Waals surface area contributed by atoms with Crippen molar-refractivity contribution in [3.8, 4) is 23.0 Å². The Morgan fingerprint density at radius 2 is 1.79 bits per heavy atom. The number of nitrogens with one attached hydrogen (secondary N) is 2.